The van der Waals surface area contributed by atoms with Gasteiger partial charge in [-0.15, -0.1) is 0 Å². The Morgan fingerprint density at radius 2 is 1.39 bits per heavy atom. The number of aryl methyl sites for hydroxylation is 1. The second-order valence-corrected chi connectivity index (χ2v) is 9.43. The lowest BCUT2D eigenvalue weighted by Crippen LogP contribution is -2.13. The lowest BCUT2D eigenvalue weighted by molar-refractivity contribution is 0.303. The molecule has 0 bridgehead atoms. The Morgan fingerprint density at radius 1 is 0.677 bits per heavy atom. The summed E-state index contributed by atoms with van der Waals surface area (Å²) in [4.78, 5) is 0. The standard InChI is InChI=1S/C31H38/c1-3-5-7-10-25-13-16-26(17-14-25)27-18-20-29(21-19-27)31-23-24(4-2)15-22-30(31)28-11-8-6-9-12-28/h6,8-9,11-12,15,18-23,25-26H,3-5,7,10,13-14,16-17H2,1-2H3/t25-,26-. The minimum Gasteiger partial charge on any atom is -0.0654 e. The van der Waals surface area contributed by atoms with Crippen LogP contribution in [0, 0.1) is 5.92 Å². The molecule has 0 unspecified atom stereocenters. The Labute approximate surface area is 189 Å². The van der Waals surface area contributed by atoms with E-state index in [2.05, 4.69) is 86.6 Å². The first-order valence-corrected chi connectivity index (χ1v) is 12.6. The van der Waals surface area contributed by atoms with Crippen LogP contribution in [0.4, 0.5) is 0 Å². The Kier molecular flexibility index (Phi) is 7.62. The first-order valence-electron chi connectivity index (χ1n) is 12.6. The third-order valence-electron chi connectivity index (χ3n) is 7.33. The maximum absolute atomic E-state index is 2.41. The topological polar surface area (TPSA) is 0 Å². The van der Waals surface area contributed by atoms with Crippen LogP contribution < -0.4 is 0 Å². The van der Waals surface area contributed by atoms with E-state index in [0.717, 1.165) is 18.3 Å². The molecule has 162 valence electrons. The van der Waals surface area contributed by atoms with Gasteiger partial charge in [-0.25, -0.2) is 0 Å². The molecule has 3 aromatic rings. The zero-order valence-electron chi connectivity index (χ0n) is 19.4. The van der Waals surface area contributed by atoms with E-state index in [1.807, 2.05) is 0 Å². The molecular formula is C31H38. The summed E-state index contributed by atoms with van der Waals surface area (Å²) in [5.74, 6) is 1.74. The SMILES string of the molecule is CCCCC[C@H]1CC[C@H](c2ccc(-c3cc(CC)ccc3-c3ccccc3)cc2)CC1. The van der Waals surface area contributed by atoms with E-state index < -0.39 is 0 Å². The fourth-order valence-corrected chi connectivity index (χ4v) is 5.32. The first-order chi connectivity index (χ1) is 15.3. The highest BCUT2D eigenvalue weighted by molar-refractivity contribution is 5.84. The van der Waals surface area contributed by atoms with Crippen molar-refractivity contribution in [2.75, 3.05) is 0 Å². The molecule has 0 nitrogen and oxygen atoms in total. The van der Waals surface area contributed by atoms with Gasteiger partial charge in [0.2, 0.25) is 0 Å². The van der Waals surface area contributed by atoms with E-state index in [4.69, 9.17) is 0 Å². The Bertz CT molecular complexity index is 928. The summed E-state index contributed by atoms with van der Waals surface area (Å²) in [6.45, 7) is 4.55. The van der Waals surface area contributed by atoms with Gasteiger partial charge in [-0.3, -0.25) is 0 Å². The van der Waals surface area contributed by atoms with Crippen LogP contribution in [0.25, 0.3) is 22.3 Å². The van der Waals surface area contributed by atoms with E-state index >= 15 is 0 Å². The summed E-state index contributed by atoms with van der Waals surface area (Å²) in [5, 5.41) is 0. The summed E-state index contributed by atoms with van der Waals surface area (Å²) in [5.41, 5.74) is 8.27. The van der Waals surface area contributed by atoms with E-state index in [1.54, 1.807) is 5.56 Å². The fraction of sp³-hybridized carbons (Fsp3) is 0.419. The molecular weight excluding hydrogens is 372 g/mol. The van der Waals surface area contributed by atoms with Crippen molar-refractivity contribution in [3.05, 3.63) is 83.9 Å². The van der Waals surface area contributed by atoms with Crippen LogP contribution in [0.3, 0.4) is 0 Å². The summed E-state index contributed by atoms with van der Waals surface area (Å²) in [6.07, 6.45) is 12.3. The van der Waals surface area contributed by atoms with Gasteiger partial charge in [0.15, 0.2) is 0 Å². The molecule has 0 saturated heterocycles. The molecule has 0 spiro atoms. The molecule has 0 amide bonds. The smallest absolute Gasteiger partial charge is 0.0103 e. The van der Waals surface area contributed by atoms with Crippen LogP contribution in [0.5, 0.6) is 0 Å². The third-order valence-corrected chi connectivity index (χ3v) is 7.33. The van der Waals surface area contributed by atoms with E-state index in [9.17, 15) is 0 Å². The highest BCUT2D eigenvalue weighted by Gasteiger charge is 2.22. The van der Waals surface area contributed by atoms with Crippen molar-refractivity contribution in [1.29, 1.82) is 0 Å². The zero-order valence-corrected chi connectivity index (χ0v) is 19.4. The molecule has 0 N–H and O–H groups in total. The van der Waals surface area contributed by atoms with Gasteiger partial charge in [-0.05, 0) is 77.3 Å². The predicted molar refractivity (Wildman–Crippen MR) is 136 cm³/mol. The van der Waals surface area contributed by atoms with Crippen LogP contribution in [0.15, 0.2) is 72.8 Å². The maximum Gasteiger partial charge on any atom is -0.0103 e. The molecule has 0 atom stereocenters. The lowest BCUT2D eigenvalue weighted by Gasteiger charge is -2.29. The summed E-state index contributed by atoms with van der Waals surface area (Å²) in [7, 11) is 0. The van der Waals surface area contributed by atoms with Crippen LogP contribution in [0.1, 0.15) is 82.3 Å². The van der Waals surface area contributed by atoms with Crippen molar-refractivity contribution in [2.45, 2.75) is 77.6 Å². The first kappa shape index (κ1) is 21.9. The van der Waals surface area contributed by atoms with Crippen molar-refractivity contribution < 1.29 is 0 Å². The largest absolute Gasteiger partial charge is 0.0654 e. The molecule has 0 heterocycles. The summed E-state index contributed by atoms with van der Waals surface area (Å²) >= 11 is 0. The third kappa shape index (κ3) is 5.48. The normalized spacial score (nSPS) is 18.8. The monoisotopic (exact) mass is 410 g/mol. The summed E-state index contributed by atoms with van der Waals surface area (Å²) < 4.78 is 0. The predicted octanol–water partition coefficient (Wildman–Crippen LogP) is 9.44. The van der Waals surface area contributed by atoms with Crippen LogP contribution >= 0.6 is 0 Å². The van der Waals surface area contributed by atoms with Gasteiger partial charge < -0.3 is 0 Å². The number of unbranched alkanes of at least 4 members (excludes halogenated alkanes) is 2. The minimum absolute atomic E-state index is 0.757. The van der Waals surface area contributed by atoms with Gasteiger partial charge in [-0.1, -0.05) is 112 Å². The Balaban J connectivity index is 1.50. The molecule has 31 heavy (non-hydrogen) atoms. The molecule has 1 aliphatic carbocycles. The van der Waals surface area contributed by atoms with Gasteiger partial charge in [0.1, 0.15) is 0 Å². The van der Waals surface area contributed by atoms with E-state index in [0.29, 0.717) is 0 Å². The molecule has 0 aromatic heterocycles. The van der Waals surface area contributed by atoms with E-state index in [-0.39, 0.29) is 0 Å². The van der Waals surface area contributed by atoms with Crippen molar-refractivity contribution in [3.63, 3.8) is 0 Å². The molecule has 0 aliphatic heterocycles. The molecule has 1 aliphatic rings. The fourth-order valence-electron chi connectivity index (χ4n) is 5.32. The minimum atomic E-state index is 0.757. The maximum atomic E-state index is 2.41. The number of hydrogen-bond acceptors (Lipinski definition) is 0. The molecule has 1 fully saturated rings. The van der Waals surface area contributed by atoms with Gasteiger partial charge in [0.05, 0.1) is 0 Å². The van der Waals surface area contributed by atoms with Crippen molar-refractivity contribution in [1.82, 2.24) is 0 Å². The lowest BCUT2D eigenvalue weighted by atomic mass is 9.77. The Hall–Kier alpha value is -2.34. The average Bonchev–Trinajstić information content (AvgIpc) is 2.85. The van der Waals surface area contributed by atoms with Crippen LogP contribution in [-0.4, -0.2) is 0 Å². The second-order valence-electron chi connectivity index (χ2n) is 9.43. The van der Waals surface area contributed by atoms with Crippen molar-refractivity contribution in [2.24, 2.45) is 5.92 Å². The number of benzene rings is 3. The molecule has 0 heteroatoms. The quantitative estimate of drug-likeness (QED) is 0.324. The van der Waals surface area contributed by atoms with Crippen molar-refractivity contribution in [3.8, 4) is 22.3 Å². The van der Waals surface area contributed by atoms with Crippen LogP contribution in [-0.2, 0) is 6.42 Å². The molecule has 4 rings (SSSR count). The highest BCUT2D eigenvalue weighted by atomic mass is 14.3. The van der Waals surface area contributed by atoms with Gasteiger partial charge >= 0.3 is 0 Å². The molecule has 1 saturated carbocycles. The van der Waals surface area contributed by atoms with Gasteiger partial charge in [0.25, 0.3) is 0 Å². The second kappa shape index (κ2) is 10.8. The van der Waals surface area contributed by atoms with Crippen molar-refractivity contribution >= 4 is 0 Å². The average molecular weight is 411 g/mol. The molecule has 0 radical (unpaired) electrons. The highest BCUT2D eigenvalue weighted by Crippen LogP contribution is 2.39. The number of hydrogen-bond donors (Lipinski definition) is 0. The Morgan fingerprint density at radius 3 is 2.06 bits per heavy atom. The molecule has 3 aromatic carbocycles. The van der Waals surface area contributed by atoms with Gasteiger partial charge in [-0.2, -0.15) is 0 Å². The van der Waals surface area contributed by atoms with Crippen LogP contribution in [0.2, 0.25) is 0 Å². The zero-order chi connectivity index (χ0) is 21.5. The summed E-state index contributed by atoms with van der Waals surface area (Å²) in [6, 6.07) is 27.3. The van der Waals surface area contributed by atoms with E-state index in [1.165, 1.54) is 79.2 Å². The van der Waals surface area contributed by atoms with Gasteiger partial charge in [0, 0.05) is 0 Å². The number of rotatable bonds is 8.